The van der Waals surface area contributed by atoms with Crippen LogP contribution in [0.3, 0.4) is 0 Å². The van der Waals surface area contributed by atoms with E-state index in [9.17, 15) is 0 Å². The Morgan fingerprint density at radius 2 is 0.811 bits per heavy atom. The summed E-state index contributed by atoms with van der Waals surface area (Å²) in [5.41, 5.74) is 14.2. The minimum absolute atomic E-state index is 0. The molecule has 4 aromatic carbocycles. The Balaban J connectivity index is 0.00000372. The van der Waals surface area contributed by atoms with Gasteiger partial charge < -0.3 is 17.0 Å². The van der Waals surface area contributed by atoms with Crippen molar-refractivity contribution >= 4 is 63.8 Å². The van der Waals surface area contributed by atoms with Gasteiger partial charge in [0.25, 0.3) is 0 Å². The van der Waals surface area contributed by atoms with E-state index < -0.39 is 17.5 Å². The molecule has 0 aliphatic carbocycles. The minimum atomic E-state index is -4.46. The smallest absolute Gasteiger partial charge is 1.00 e. The third-order valence-corrected chi connectivity index (χ3v) is 22.8. The van der Waals surface area contributed by atoms with E-state index in [1.54, 1.807) is 0 Å². The van der Waals surface area contributed by atoms with Crippen molar-refractivity contribution in [3.63, 3.8) is 0 Å². The summed E-state index contributed by atoms with van der Waals surface area (Å²) >= 11 is 0.0996. The second kappa shape index (κ2) is 13.6. The molecule has 0 saturated heterocycles. The summed E-state index contributed by atoms with van der Waals surface area (Å²) in [6.45, 7) is 0. The molecule has 10 rings (SSSR count). The quantitative estimate of drug-likeness (QED) is 0.222. The molecule has 0 N–H and O–H groups in total. The Morgan fingerprint density at radius 1 is 0.453 bits per heavy atom. The van der Waals surface area contributed by atoms with Crippen molar-refractivity contribution in [3.8, 4) is 0 Å². The Bertz CT molecular complexity index is 2580. The van der Waals surface area contributed by atoms with Crippen molar-refractivity contribution in [2.24, 2.45) is 9.98 Å². The van der Waals surface area contributed by atoms with Gasteiger partial charge in [-0.2, -0.15) is 0 Å². The second-order valence-corrected chi connectivity index (χ2v) is 25.1. The molecule has 0 fully saturated rings. The van der Waals surface area contributed by atoms with Gasteiger partial charge in [0.1, 0.15) is 0 Å². The van der Waals surface area contributed by atoms with Crippen molar-refractivity contribution in [2.45, 2.75) is 0 Å². The minimum Gasteiger partial charge on any atom is -1.00 e. The number of aromatic nitrogens is 2. The summed E-state index contributed by atoms with van der Waals surface area (Å²) in [7, 11) is 1.86. The summed E-state index contributed by atoms with van der Waals surface area (Å²) in [5, 5.41) is 2.07. The molecular formula is C45H31Br2N4OSb. The number of hydrogen-bond donors (Lipinski definition) is 0. The Hall–Kier alpha value is -4.78. The first kappa shape index (κ1) is 34.0. The number of aliphatic imine (C=N–C) groups is 2. The topological polar surface area (TPSA) is 43.8 Å². The maximum Gasteiger partial charge on any atom is -1.00 e. The van der Waals surface area contributed by atoms with Crippen LogP contribution < -0.4 is 27.7 Å². The van der Waals surface area contributed by atoms with E-state index in [0.29, 0.717) is 0 Å². The first-order valence-corrected chi connectivity index (χ1v) is 26.3. The molecule has 1 unspecified atom stereocenters. The number of benzene rings is 4. The number of nitrogens with zero attached hydrogens (tertiary/aromatic N) is 4. The average molecular weight is 925 g/mol. The van der Waals surface area contributed by atoms with Crippen LogP contribution in [0.2, 0.25) is 0 Å². The van der Waals surface area contributed by atoms with Gasteiger partial charge in [-0.25, -0.2) is 0 Å². The predicted octanol–water partition coefficient (Wildman–Crippen LogP) is 5.13. The first-order valence-electron chi connectivity index (χ1n) is 17.2. The molecule has 6 heterocycles. The zero-order chi connectivity index (χ0) is 34.8. The van der Waals surface area contributed by atoms with E-state index in [0.717, 1.165) is 89.4 Å². The molecule has 8 heteroatoms. The van der Waals surface area contributed by atoms with E-state index in [1.165, 1.54) is 0 Å². The van der Waals surface area contributed by atoms with Crippen LogP contribution in [-0.2, 0) is 3.02 Å². The van der Waals surface area contributed by atoms with Crippen LogP contribution in [0.15, 0.2) is 191 Å². The van der Waals surface area contributed by atoms with Gasteiger partial charge in [0.05, 0.1) is 0 Å². The molecule has 2 aromatic heterocycles. The van der Waals surface area contributed by atoms with Gasteiger partial charge in [0.15, 0.2) is 0 Å². The van der Waals surface area contributed by atoms with Gasteiger partial charge in [0.2, 0.25) is 0 Å². The number of hydrogen-bond acceptors (Lipinski definition) is 3. The summed E-state index contributed by atoms with van der Waals surface area (Å²) in [6, 6.07) is 51.4. The number of fused-ring (bicyclic) bond motifs is 2. The van der Waals surface area contributed by atoms with Gasteiger partial charge >= 0.3 is 315 Å². The summed E-state index contributed by atoms with van der Waals surface area (Å²) < 4.78 is 12.1. The van der Waals surface area contributed by atoms with Crippen LogP contribution in [0.1, 0.15) is 33.6 Å². The van der Waals surface area contributed by atoms with Gasteiger partial charge in [-0.15, -0.1) is 0 Å². The normalized spacial score (nSPS) is 18.2. The molecular weight excluding hydrogens is 894 g/mol. The number of halogens is 2. The average Bonchev–Trinajstić information content (AvgIpc) is 4.03. The van der Waals surface area contributed by atoms with Crippen molar-refractivity contribution in [1.29, 1.82) is 0 Å². The monoisotopic (exact) mass is 922 g/mol. The summed E-state index contributed by atoms with van der Waals surface area (Å²) in [6.07, 6.45) is 8.67. The molecule has 1 atom stereocenters. The van der Waals surface area contributed by atoms with Crippen LogP contribution in [0.4, 0.5) is 0 Å². The van der Waals surface area contributed by atoms with Crippen molar-refractivity contribution in [3.05, 3.63) is 226 Å². The van der Waals surface area contributed by atoms with Crippen LogP contribution >= 0.6 is 12.6 Å². The maximum atomic E-state index is 7.10. The maximum absolute atomic E-state index is 7.10. The molecule has 0 spiro atoms. The number of rotatable bonds is 5. The third kappa shape index (κ3) is 5.36. The molecule has 5 nitrogen and oxygen atoms in total. The molecule has 6 bridgehead atoms. The van der Waals surface area contributed by atoms with E-state index in [-0.39, 0.29) is 17.0 Å². The SMILES string of the molecule is C[O][Sb+]1([Br])[n]2c3ccc2C(c2ccccc2)=C2C=CC(=N2)C(c2ccccc2)=c2ccc([n]21)=C(c1ccccc1)C1=NC(=C3c2ccccc2)C=C1.[Br-]. The van der Waals surface area contributed by atoms with Crippen molar-refractivity contribution < 1.29 is 20.0 Å². The van der Waals surface area contributed by atoms with Gasteiger partial charge in [-0.1, -0.05) is 0 Å². The molecule has 256 valence electrons. The Kier molecular flexibility index (Phi) is 8.71. The summed E-state index contributed by atoms with van der Waals surface area (Å²) in [5.74, 6) is 0. The van der Waals surface area contributed by atoms with Crippen LogP contribution in [0, 0.1) is 0 Å². The van der Waals surface area contributed by atoms with Crippen LogP contribution in [0.25, 0.3) is 22.3 Å². The van der Waals surface area contributed by atoms with Crippen LogP contribution in [-0.4, -0.2) is 41.5 Å². The first-order chi connectivity index (χ1) is 25.6. The summed E-state index contributed by atoms with van der Waals surface area (Å²) in [4.78, 5) is 10.9. The Labute approximate surface area is 329 Å². The molecule has 6 aromatic rings. The third-order valence-electron chi connectivity index (χ3n) is 10.0. The molecule has 0 radical (unpaired) electrons. The van der Waals surface area contributed by atoms with E-state index in [4.69, 9.17) is 13.0 Å². The number of allylic oxidation sites excluding steroid dienone is 4. The molecule has 0 saturated carbocycles. The zero-order valence-corrected chi connectivity index (χ0v) is 34.3. The Morgan fingerprint density at radius 3 is 1.17 bits per heavy atom. The molecule has 53 heavy (non-hydrogen) atoms. The molecule has 0 amide bonds. The standard InChI is InChI=1S/C44H28N4.CH3O.2BrH.Sb/c1-5-13-29(14-6-1)41-33-21-23-35(45-33)42(30-15-7-2-8-16-30)37-25-27-39(47-37)44(32-19-11-4-12-20-32)40-28-26-38(48-40)43(31-17-9-3-10-18-31)36-24-22-34(41)46-36;1-2;;;/h1-28H;1H3;2*1H;/q-2;-1;;;+5/p-2. The predicted molar refractivity (Wildman–Crippen MR) is 217 cm³/mol. The van der Waals surface area contributed by atoms with Gasteiger partial charge in [-0.05, 0) is 0 Å². The van der Waals surface area contributed by atoms with Crippen molar-refractivity contribution in [2.75, 3.05) is 7.11 Å². The molecule has 4 aliphatic heterocycles. The molecule has 4 aliphatic rings. The van der Waals surface area contributed by atoms with Crippen molar-refractivity contribution in [1.82, 2.24) is 5.45 Å². The zero-order valence-electron chi connectivity index (χ0n) is 28.6. The van der Waals surface area contributed by atoms with Gasteiger partial charge in [0, 0.05) is 0 Å². The van der Waals surface area contributed by atoms with E-state index in [2.05, 4.69) is 188 Å². The van der Waals surface area contributed by atoms with Crippen LogP contribution in [0.5, 0.6) is 0 Å². The van der Waals surface area contributed by atoms with E-state index >= 15 is 0 Å². The fraction of sp³-hybridized carbons (Fsp3) is 0.0222. The second-order valence-electron chi connectivity index (χ2n) is 12.9. The fourth-order valence-corrected chi connectivity index (χ4v) is 18.8. The van der Waals surface area contributed by atoms with E-state index in [1.807, 2.05) is 7.11 Å². The van der Waals surface area contributed by atoms with Gasteiger partial charge in [-0.3, -0.25) is 0 Å². The largest absolute Gasteiger partial charge is 1.00 e. The fourth-order valence-electron chi connectivity index (χ4n) is 7.81.